The Balaban J connectivity index is 1.86. The highest BCUT2D eigenvalue weighted by Gasteiger charge is 2.14. The molecule has 0 aliphatic rings. The molecule has 2 rings (SSSR count). The molecular formula is C15H15BrClN3O3. The quantitative estimate of drug-likeness (QED) is 0.726. The number of hydrogen-bond donors (Lipinski definition) is 2. The number of anilines is 1. The van der Waals surface area contributed by atoms with E-state index in [1.807, 2.05) is 6.92 Å². The van der Waals surface area contributed by atoms with Gasteiger partial charge in [0, 0.05) is 10.2 Å². The third-order valence-electron chi connectivity index (χ3n) is 2.90. The Hall–Kier alpha value is -1.86. The van der Waals surface area contributed by atoms with Gasteiger partial charge in [-0.15, -0.1) is 0 Å². The van der Waals surface area contributed by atoms with Crippen LogP contribution in [0.25, 0.3) is 0 Å². The van der Waals surface area contributed by atoms with Gasteiger partial charge in [0.1, 0.15) is 0 Å². The first kappa shape index (κ1) is 17.5. The Morgan fingerprint density at radius 2 is 2.17 bits per heavy atom. The zero-order valence-corrected chi connectivity index (χ0v) is 14.7. The molecule has 0 unspecified atom stereocenters. The van der Waals surface area contributed by atoms with Crippen LogP contribution in [0.5, 0.6) is 0 Å². The van der Waals surface area contributed by atoms with Crippen molar-refractivity contribution in [2.45, 2.75) is 19.8 Å². The number of aryl methyl sites for hydroxylation is 1. The summed E-state index contributed by atoms with van der Waals surface area (Å²) in [5, 5.41) is 9.57. The number of nitrogens with one attached hydrogen (secondary N) is 2. The van der Waals surface area contributed by atoms with E-state index >= 15 is 0 Å². The summed E-state index contributed by atoms with van der Waals surface area (Å²) in [6.45, 7) is 1.61. The molecule has 0 saturated heterocycles. The summed E-state index contributed by atoms with van der Waals surface area (Å²) in [4.78, 5) is 23.6. The second-order valence-corrected chi connectivity index (χ2v) is 6.10. The summed E-state index contributed by atoms with van der Waals surface area (Å²) in [6.07, 6.45) is 1.73. The number of nitrogens with zero attached hydrogens (tertiary/aromatic N) is 1. The molecule has 0 aliphatic carbocycles. The summed E-state index contributed by atoms with van der Waals surface area (Å²) in [5.74, 6) is -1.13. The predicted molar refractivity (Wildman–Crippen MR) is 90.6 cm³/mol. The topological polar surface area (TPSA) is 84.1 Å². The number of aromatic amines is 1. The Kier molecular flexibility index (Phi) is 6.18. The number of carbonyl (C=O) groups excluding carboxylic acids is 2. The van der Waals surface area contributed by atoms with Crippen LogP contribution in [0.3, 0.4) is 0 Å². The fraction of sp³-hybridized carbons (Fsp3) is 0.267. The fourth-order valence-corrected chi connectivity index (χ4v) is 2.57. The van der Waals surface area contributed by atoms with Gasteiger partial charge in [-0.05, 0) is 30.7 Å². The van der Waals surface area contributed by atoms with Gasteiger partial charge in [-0.25, -0.2) is 4.79 Å². The average molecular weight is 401 g/mol. The summed E-state index contributed by atoms with van der Waals surface area (Å²) in [7, 11) is 0. The van der Waals surface area contributed by atoms with Crippen LogP contribution in [0.4, 0.5) is 5.69 Å². The van der Waals surface area contributed by atoms with Gasteiger partial charge in [-0.2, -0.15) is 5.10 Å². The molecule has 1 aromatic carbocycles. The van der Waals surface area contributed by atoms with E-state index in [2.05, 4.69) is 31.4 Å². The van der Waals surface area contributed by atoms with Crippen molar-refractivity contribution < 1.29 is 14.3 Å². The van der Waals surface area contributed by atoms with E-state index < -0.39 is 18.5 Å². The van der Waals surface area contributed by atoms with E-state index in [0.29, 0.717) is 10.7 Å². The van der Waals surface area contributed by atoms with Gasteiger partial charge in [0.05, 0.1) is 10.7 Å². The van der Waals surface area contributed by atoms with E-state index in [9.17, 15) is 9.59 Å². The Bertz CT molecular complexity index is 718. The van der Waals surface area contributed by atoms with Crippen molar-refractivity contribution in [1.29, 1.82) is 0 Å². The second kappa shape index (κ2) is 8.12. The lowest BCUT2D eigenvalue weighted by Crippen LogP contribution is -2.21. The molecular weight excluding hydrogens is 386 g/mol. The van der Waals surface area contributed by atoms with Gasteiger partial charge in [0.25, 0.3) is 5.91 Å². The molecule has 0 saturated carbocycles. The van der Waals surface area contributed by atoms with Crippen LogP contribution in [0.1, 0.15) is 29.5 Å². The van der Waals surface area contributed by atoms with Gasteiger partial charge < -0.3 is 10.1 Å². The Labute approximate surface area is 146 Å². The summed E-state index contributed by atoms with van der Waals surface area (Å²) in [6, 6.07) is 6.67. The number of halogens is 2. The minimum absolute atomic E-state index is 0.155. The molecule has 0 radical (unpaired) electrons. The normalized spacial score (nSPS) is 10.4. The molecule has 8 heteroatoms. The molecule has 0 fully saturated rings. The smallest absolute Gasteiger partial charge is 0.359 e. The van der Waals surface area contributed by atoms with E-state index in [4.69, 9.17) is 16.3 Å². The maximum Gasteiger partial charge on any atom is 0.359 e. The zero-order valence-electron chi connectivity index (χ0n) is 12.4. The lowest BCUT2D eigenvalue weighted by atomic mass is 10.2. The number of H-pyrrole nitrogens is 1. The number of carbonyl (C=O) groups is 2. The van der Waals surface area contributed by atoms with Crippen molar-refractivity contribution in [1.82, 2.24) is 10.2 Å². The SMILES string of the molecule is CCCc1cc(C(=O)OCC(=O)Nc2ccc(Br)cc2Cl)n[nH]1. The van der Waals surface area contributed by atoms with E-state index in [1.54, 1.807) is 24.3 Å². The van der Waals surface area contributed by atoms with Crippen LogP contribution in [-0.2, 0) is 16.0 Å². The molecule has 0 aliphatic heterocycles. The van der Waals surface area contributed by atoms with Gasteiger partial charge >= 0.3 is 5.97 Å². The van der Waals surface area contributed by atoms with Gasteiger partial charge in [-0.1, -0.05) is 40.9 Å². The molecule has 0 bridgehead atoms. The first-order chi connectivity index (χ1) is 11.0. The van der Waals surface area contributed by atoms with Crippen molar-refractivity contribution in [2.24, 2.45) is 0 Å². The number of ether oxygens (including phenoxy) is 1. The van der Waals surface area contributed by atoms with Crippen LogP contribution >= 0.6 is 27.5 Å². The summed E-state index contributed by atoms with van der Waals surface area (Å²) >= 11 is 9.27. The van der Waals surface area contributed by atoms with Gasteiger partial charge in [0.2, 0.25) is 0 Å². The van der Waals surface area contributed by atoms with Crippen molar-refractivity contribution >= 4 is 45.1 Å². The molecule has 23 heavy (non-hydrogen) atoms. The van der Waals surface area contributed by atoms with Crippen molar-refractivity contribution in [2.75, 3.05) is 11.9 Å². The van der Waals surface area contributed by atoms with Gasteiger partial charge in [0.15, 0.2) is 12.3 Å². The number of amides is 1. The number of rotatable bonds is 6. The summed E-state index contributed by atoms with van der Waals surface area (Å²) < 4.78 is 5.73. The zero-order chi connectivity index (χ0) is 16.8. The molecule has 122 valence electrons. The monoisotopic (exact) mass is 399 g/mol. The largest absolute Gasteiger partial charge is 0.451 e. The number of esters is 1. The first-order valence-electron chi connectivity index (χ1n) is 6.96. The predicted octanol–water partition coefficient (Wildman–Crippen LogP) is 3.57. The molecule has 0 spiro atoms. The van der Waals surface area contributed by atoms with E-state index in [-0.39, 0.29) is 5.69 Å². The number of benzene rings is 1. The highest BCUT2D eigenvalue weighted by atomic mass is 79.9. The van der Waals surface area contributed by atoms with Crippen LogP contribution in [0.2, 0.25) is 5.02 Å². The minimum atomic E-state index is -0.652. The number of aromatic nitrogens is 2. The maximum atomic E-state index is 11.8. The van der Waals surface area contributed by atoms with Crippen molar-refractivity contribution in [3.05, 3.63) is 45.1 Å². The minimum Gasteiger partial charge on any atom is -0.451 e. The second-order valence-electron chi connectivity index (χ2n) is 4.78. The van der Waals surface area contributed by atoms with Crippen LogP contribution in [-0.4, -0.2) is 28.7 Å². The number of hydrogen-bond acceptors (Lipinski definition) is 4. The molecule has 2 N–H and O–H groups in total. The molecule has 1 aromatic heterocycles. The summed E-state index contributed by atoms with van der Waals surface area (Å²) in [5.41, 5.74) is 1.45. The molecule has 1 heterocycles. The van der Waals surface area contributed by atoms with Crippen molar-refractivity contribution in [3.63, 3.8) is 0 Å². The van der Waals surface area contributed by atoms with Crippen LogP contribution in [0, 0.1) is 0 Å². The molecule has 0 atom stereocenters. The third-order valence-corrected chi connectivity index (χ3v) is 3.70. The highest BCUT2D eigenvalue weighted by Crippen LogP contribution is 2.25. The van der Waals surface area contributed by atoms with Crippen molar-refractivity contribution in [3.8, 4) is 0 Å². The lowest BCUT2D eigenvalue weighted by molar-refractivity contribution is -0.119. The Morgan fingerprint density at radius 1 is 1.39 bits per heavy atom. The van der Waals surface area contributed by atoms with Crippen LogP contribution < -0.4 is 5.32 Å². The average Bonchev–Trinajstić information content (AvgIpc) is 2.97. The standard InChI is InChI=1S/C15H15BrClN3O3/c1-2-3-10-7-13(20-19-10)15(22)23-8-14(21)18-12-5-4-9(16)6-11(12)17/h4-7H,2-3,8H2,1H3,(H,18,21)(H,19,20). The first-order valence-corrected chi connectivity index (χ1v) is 8.13. The lowest BCUT2D eigenvalue weighted by Gasteiger charge is -2.07. The third kappa shape index (κ3) is 5.07. The molecule has 2 aromatic rings. The maximum absolute atomic E-state index is 11.8. The van der Waals surface area contributed by atoms with E-state index in [0.717, 1.165) is 23.0 Å². The van der Waals surface area contributed by atoms with E-state index in [1.165, 1.54) is 0 Å². The van der Waals surface area contributed by atoms with Crippen LogP contribution in [0.15, 0.2) is 28.7 Å². The van der Waals surface area contributed by atoms with Gasteiger partial charge in [-0.3, -0.25) is 9.89 Å². The molecule has 1 amide bonds. The highest BCUT2D eigenvalue weighted by molar-refractivity contribution is 9.10. The molecule has 6 nitrogen and oxygen atoms in total. The Morgan fingerprint density at radius 3 is 2.87 bits per heavy atom. The fourth-order valence-electron chi connectivity index (χ4n) is 1.85.